The van der Waals surface area contributed by atoms with Gasteiger partial charge in [0, 0.05) is 30.3 Å². The van der Waals surface area contributed by atoms with E-state index in [0.717, 1.165) is 11.1 Å². The number of alkyl halides is 1. The number of rotatable bonds is 13. The molecule has 5 rings (SSSR count). The summed E-state index contributed by atoms with van der Waals surface area (Å²) in [6.07, 6.45) is 4.54. The van der Waals surface area contributed by atoms with Gasteiger partial charge in [0.2, 0.25) is 11.8 Å². The fraction of sp³-hybridized carbons (Fsp3) is 0.237. The molecular weight excluding hydrogens is 584 g/mol. The van der Waals surface area contributed by atoms with Crippen LogP contribution in [0.5, 0.6) is 0 Å². The normalized spacial score (nSPS) is 13.5. The SMILES string of the molecule is C[C@H](/C=C/CCC(=O)NC(Cc1ccccc1)C(=O)Nc1ccc(CCl)cc1)C(=O)OCC1c2ccccc2-c2ccccc21. The molecule has 1 aliphatic rings. The van der Waals surface area contributed by atoms with Crippen LogP contribution in [-0.2, 0) is 31.4 Å². The maximum Gasteiger partial charge on any atom is 0.312 e. The number of carbonyl (C=O) groups excluding carboxylic acids is 3. The minimum atomic E-state index is -0.753. The monoisotopic (exact) mass is 620 g/mol. The van der Waals surface area contributed by atoms with Gasteiger partial charge < -0.3 is 15.4 Å². The minimum absolute atomic E-state index is 0.00672. The maximum atomic E-state index is 13.2. The molecule has 0 saturated carbocycles. The Bertz CT molecular complexity index is 1610. The number of hydrogen-bond donors (Lipinski definition) is 2. The third-order valence-corrected chi connectivity index (χ3v) is 8.31. The van der Waals surface area contributed by atoms with Crippen LogP contribution in [0.3, 0.4) is 0 Å². The van der Waals surface area contributed by atoms with Crippen LogP contribution in [0.4, 0.5) is 5.69 Å². The van der Waals surface area contributed by atoms with E-state index in [1.165, 1.54) is 22.3 Å². The van der Waals surface area contributed by atoms with E-state index in [4.69, 9.17) is 16.3 Å². The number of anilines is 1. The molecule has 0 radical (unpaired) electrons. The van der Waals surface area contributed by atoms with Crippen molar-refractivity contribution in [3.8, 4) is 11.1 Å². The Labute approximate surface area is 269 Å². The van der Waals surface area contributed by atoms with E-state index in [9.17, 15) is 14.4 Å². The summed E-state index contributed by atoms with van der Waals surface area (Å²) in [5.41, 5.74) is 7.23. The van der Waals surface area contributed by atoms with E-state index >= 15 is 0 Å². The molecule has 0 spiro atoms. The van der Waals surface area contributed by atoms with E-state index in [1.807, 2.05) is 72.8 Å². The Morgan fingerprint density at radius 3 is 2.09 bits per heavy atom. The zero-order valence-electron chi connectivity index (χ0n) is 25.2. The van der Waals surface area contributed by atoms with Gasteiger partial charge in [-0.2, -0.15) is 0 Å². The molecule has 6 nitrogen and oxygen atoms in total. The molecule has 4 aromatic carbocycles. The van der Waals surface area contributed by atoms with Gasteiger partial charge in [0.15, 0.2) is 0 Å². The number of allylic oxidation sites excluding steroid dienone is 1. The molecule has 0 aromatic heterocycles. The van der Waals surface area contributed by atoms with Gasteiger partial charge >= 0.3 is 5.97 Å². The second-order valence-corrected chi connectivity index (χ2v) is 11.5. The van der Waals surface area contributed by atoms with E-state index in [0.29, 0.717) is 24.4 Å². The fourth-order valence-corrected chi connectivity index (χ4v) is 5.74. The summed E-state index contributed by atoms with van der Waals surface area (Å²) in [5.74, 6) is -0.919. The average Bonchev–Trinajstić information content (AvgIpc) is 3.39. The zero-order chi connectivity index (χ0) is 31.6. The largest absolute Gasteiger partial charge is 0.464 e. The van der Waals surface area contributed by atoms with Crippen LogP contribution in [0.15, 0.2) is 115 Å². The first-order valence-electron chi connectivity index (χ1n) is 15.2. The molecule has 230 valence electrons. The molecule has 2 amide bonds. The van der Waals surface area contributed by atoms with Crippen molar-refractivity contribution in [3.63, 3.8) is 0 Å². The fourth-order valence-electron chi connectivity index (χ4n) is 5.56. The molecule has 4 aromatic rings. The van der Waals surface area contributed by atoms with Crippen LogP contribution in [0.2, 0.25) is 0 Å². The van der Waals surface area contributed by atoms with Crippen LogP contribution in [0.1, 0.15) is 47.9 Å². The molecule has 0 aliphatic heterocycles. The number of fused-ring (bicyclic) bond motifs is 3. The number of nitrogens with one attached hydrogen (secondary N) is 2. The summed E-state index contributed by atoms with van der Waals surface area (Å²) in [7, 11) is 0. The van der Waals surface area contributed by atoms with Gasteiger partial charge in [-0.05, 0) is 58.9 Å². The molecule has 0 saturated heterocycles. The van der Waals surface area contributed by atoms with Gasteiger partial charge in [-0.25, -0.2) is 0 Å². The third kappa shape index (κ3) is 8.28. The Balaban J connectivity index is 1.11. The van der Waals surface area contributed by atoms with Crippen molar-refractivity contribution in [2.45, 2.75) is 44.0 Å². The first-order chi connectivity index (χ1) is 21.9. The van der Waals surface area contributed by atoms with Crippen LogP contribution < -0.4 is 10.6 Å². The molecule has 0 fully saturated rings. The molecule has 7 heteroatoms. The van der Waals surface area contributed by atoms with Gasteiger partial charge in [-0.3, -0.25) is 14.4 Å². The minimum Gasteiger partial charge on any atom is -0.464 e. The first kappa shape index (κ1) is 31.7. The number of benzene rings is 4. The van der Waals surface area contributed by atoms with E-state index < -0.39 is 12.0 Å². The van der Waals surface area contributed by atoms with Gasteiger partial charge in [-0.15, -0.1) is 11.6 Å². The average molecular weight is 621 g/mol. The molecule has 0 bridgehead atoms. The lowest BCUT2D eigenvalue weighted by atomic mass is 9.98. The third-order valence-electron chi connectivity index (χ3n) is 8.00. The Morgan fingerprint density at radius 2 is 1.44 bits per heavy atom. The molecule has 2 atom stereocenters. The Morgan fingerprint density at radius 1 is 0.822 bits per heavy atom. The Kier molecular flexibility index (Phi) is 10.8. The van der Waals surface area contributed by atoms with Crippen molar-refractivity contribution < 1.29 is 19.1 Å². The van der Waals surface area contributed by atoms with E-state index in [1.54, 1.807) is 25.1 Å². The van der Waals surface area contributed by atoms with E-state index in [-0.39, 0.29) is 36.7 Å². The van der Waals surface area contributed by atoms with Gasteiger partial charge in [0.25, 0.3) is 0 Å². The smallest absolute Gasteiger partial charge is 0.312 e. The van der Waals surface area contributed by atoms with Gasteiger partial charge in [-0.1, -0.05) is 103 Å². The van der Waals surface area contributed by atoms with Crippen molar-refractivity contribution in [1.29, 1.82) is 0 Å². The van der Waals surface area contributed by atoms with Crippen LogP contribution in [0.25, 0.3) is 11.1 Å². The topological polar surface area (TPSA) is 84.5 Å². The molecule has 1 unspecified atom stereocenters. The lowest BCUT2D eigenvalue weighted by molar-refractivity contribution is -0.146. The van der Waals surface area contributed by atoms with Crippen LogP contribution in [0, 0.1) is 5.92 Å². The van der Waals surface area contributed by atoms with Gasteiger partial charge in [0.05, 0.1) is 5.92 Å². The van der Waals surface area contributed by atoms with Crippen molar-refractivity contribution in [2.75, 3.05) is 11.9 Å². The number of ether oxygens (including phenoxy) is 1. The van der Waals surface area contributed by atoms with Crippen molar-refractivity contribution in [2.24, 2.45) is 5.92 Å². The summed E-state index contributed by atoms with van der Waals surface area (Å²) in [6.45, 7) is 2.06. The summed E-state index contributed by atoms with van der Waals surface area (Å²) in [5, 5.41) is 5.78. The highest BCUT2D eigenvalue weighted by Gasteiger charge is 2.29. The number of halogens is 1. The predicted octanol–water partition coefficient (Wildman–Crippen LogP) is 7.42. The first-order valence-corrected chi connectivity index (χ1v) is 15.8. The highest BCUT2D eigenvalue weighted by atomic mass is 35.5. The maximum absolute atomic E-state index is 13.2. The molecule has 2 N–H and O–H groups in total. The lowest BCUT2D eigenvalue weighted by Crippen LogP contribution is -2.45. The second-order valence-electron chi connectivity index (χ2n) is 11.2. The summed E-state index contributed by atoms with van der Waals surface area (Å²) in [6, 6.07) is 32.6. The molecule has 45 heavy (non-hydrogen) atoms. The zero-order valence-corrected chi connectivity index (χ0v) is 26.0. The van der Waals surface area contributed by atoms with Crippen molar-refractivity contribution in [1.82, 2.24) is 5.32 Å². The summed E-state index contributed by atoms with van der Waals surface area (Å²) < 4.78 is 5.76. The molecule has 1 aliphatic carbocycles. The summed E-state index contributed by atoms with van der Waals surface area (Å²) in [4.78, 5) is 38.9. The standard InChI is InChI=1S/C38H37ClN2O4/c1-26(38(44)45-25-34-32-16-8-6-14-30(32)31-15-7-9-17-33(31)34)11-5-10-18-36(42)41-35(23-27-12-3-2-4-13-27)37(43)40-29-21-19-28(24-39)20-22-29/h2-9,11-17,19-22,26,34-35H,10,18,23-25H2,1H3,(H,40,43)(H,41,42)/b11-5+/t26-,35?/m1/s1. The number of esters is 1. The number of carbonyl (C=O) groups is 3. The second kappa shape index (κ2) is 15.4. The number of amides is 2. The molecular formula is C38H37ClN2O4. The summed E-state index contributed by atoms with van der Waals surface area (Å²) >= 11 is 5.87. The predicted molar refractivity (Wildman–Crippen MR) is 179 cm³/mol. The number of hydrogen-bond acceptors (Lipinski definition) is 4. The van der Waals surface area contributed by atoms with Crippen LogP contribution in [-0.4, -0.2) is 30.4 Å². The van der Waals surface area contributed by atoms with Crippen molar-refractivity contribution in [3.05, 3.63) is 138 Å². The highest BCUT2D eigenvalue weighted by molar-refractivity contribution is 6.17. The molecule has 0 heterocycles. The Hall–Kier alpha value is -4.68. The van der Waals surface area contributed by atoms with Crippen molar-refractivity contribution >= 4 is 35.1 Å². The van der Waals surface area contributed by atoms with Gasteiger partial charge in [0.1, 0.15) is 12.6 Å². The highest BCUT2D eigenvalue weighted by Crippen LogP contribution is 2.44. The lowest BCUT2D eigenvalue weighted by Gasteiger charge is -2.19. The quantitative estimate of drug-likeness (QED) is 0.0925. The van der Waals surface area contributed by atoms with E-state index in [2.05, 4.69) is 34.9 Å². The van der Waals surface area contributed by atoms with Crippen LogP contribution >= 0.6 is 11.6 Å².